The summed E-state index contributed by atoms with van der Waals surface area (Å²) in [5.74, 6) is 0.695. The second kappa shape index (κ2) is 20.1. The number of nitrogens with zero attached hydrogens (tertiary/aromatic N) is 2. The topological polar surface area (TPSA) is 97.1 Å². The third kappa shape index (κ3) is 10.2. The monoisotopic (exact) mass is 984 g/mol. The van der Waals surface area contributed by atoms with Crippen LogP contribution in [0.1, 0.15) is 87.8 Å². The van der Waals surface area contributed by atoms with Gasteiger partial charge in [0.05, 0.1) is 35.6 Å². The quantitative estimate of drug-likeness (QED) is 0.0809. The number of benzene rings is 4. The van der Waals surface area contributed by atoms with Gasteiger partial charge >= 0.3 is 0 Å². The van der Waals surface area contributed by atoms with Crippen LogP contribution < -0.4 is 0 Å². The van der Waals surface area contributed by atoms with Gasteiger partial charge in [-0.15, -0.1) is 0 Å². The molecule has 7 nitrogen and oxygen atoms in total. The Morgan fingerprint density at radius 3 is 1.62 bits per heavy atom. The SMILES string of the molecule is CCC1=C(C)/C(=C/c2[nH]c(Cc3ccc(Cl)cc3)cc2Cc2ccc(Cl)c(-c3cc(Cc4cc(Cc5ccc(Cl)cc5)c(/C=C5\N=C(c6ccc[nH]6)C=C5OC)[nH]4)ccc3Cl)c2)N=C1c1ccc[nH]1. The minimum atomic E-state index is 0.622. The van der Waals surface area contributed by atoms with E-state index in [0.717, 1.165) is 109 Å². The van der Waals surface area contributed by atoms with Crippen LogP contribution in [0, 0.1) is 0 Å². The lowest BCUT2D eigenvalue weighted by Crippen LogP contribution is -2.02. The van der Waals surface area contributed by atoms with Crippen molar-refractivity contribution in [3.05, 3.63) is 256 Å². The Morgan fingerprint density at radius 1 is 0.565 bits per heavy atom. The molecule has 0 fully saturated rings. The molecule has 2 aliphatic heterocycles. The predicted molar refractivity (Wildman–Crippen MR) is 286 cm³/mol. The molecule has 0 saturated carbocycles. The van der Waals surface area contributed by atoms with E-state index < -0.39 is 0 Å². The van der Waals surface area contributed by atoms with Crippen molar-refractivity contribution in [2.75, 3.05) is 7.11 Å². The first kappa shape index (κ1) is 46.0. The summed E-state index contributed by atoms with van der Waals surface area (Å²) in [6.45, 7) is 4.35. The van der Waals surface area contributed by atoms with Gasteiger partial charge in [-0.25, -0.2) is 9.98 Å². The summed E-state index contributed by atoms with van der Waals surface area (Å²) in [6.07, 6.45) is 13.6. The Bertz CT molecular complexity index is 3380. The van der Waals surface area contributed by atoms with Crippen molar-refractivity contribution in [3.63, 3.8) is 0 Å². The molecular weight excluding hydrogens is 938 g/mol. The third-order valence-electron chi connectivity index (χ3n) is 12.7. The highest BCUT2D eigenvalue weighted by Gasteiger charge is 2.23. The fraction of sp³-hybridized carbons (Fsp3) is 0.138. The van der Waals surface area contributed by atoms with Crippen molar-refractivity contribution in [3.8, 4) is 11.1 Å². The normalized spacial score (nSPS) is 14.9. The average molecular weight is 987 g/mol. The van der Waals surface area contributed by atoms with Gasteiger partial charge in [-0.1, -0.05) is 89.7 Å². The van der Waals surface area contributed by atoms with Crippen LogP contribution in [0.5, 0.6) is 0 Å². The van der Waals surface area contributed by atoms with Crippen LogP contribution in [0.4, 0.5) is 0 Å². The first-order chi connectivity index (χ1) is 33.6. The molecule has 4 aromatic heterocycles. The highest BCUT2D eigenvalue weighted by atomic mass is 35.5. The molecule has 6 heterocycles. The predicted octanol–water partition coefficient (Wildman–Crippen LogP) is 15.6. The van der Waals surface area contributed by atoms with Gasteiger partial charge in [0.2, 0.25) is 0 Å². The summed E-state index contributed by atoms with van der Waals surface area (Å²) in [4.78, 5) is 24.2. The van der Waals surface area contributed by atoms with Crippen molar-refractivity contribution in [1.82, 2.24) is 19.9 Å². The Kier molecular flexibility index (Phi) is 13.4. The summed E-state index contributed by atoms with van der Waals surface area (Å²) in [7, 11) is 1.67. The number of hydrogen-bond donors (Lipinski definition) is 4. The van der Waals surface area contributed by atoms with Crippen molar-refractivity contribution in [2.45, 2.75) is 46.0 Å². The Morgan fingerprint density at radius 2 is 1.07 bits per heavy atom. The molecule has 0 unspecified atom stereocenters. The van der Waals surface area contributed by atoms with Crippen molar-refractivity contribution >= 4 is 70.0 Å². The molecule has 0 saturated heterocycles. The molecule has 4 N–H and O–H groups in total. The number of H-pyrrole nitrogens is 4. The molecule has 0 aliphatic carbocycles. The van der Waals surface area contributed by atoms with Crippen molar-refractivity contribution in [1.29, 1.82) is 0 Å². The van der Waals surface area contributed by atoms with Crippen LogP contribution in [0.3, 0.4) is 0 Å². The van der Waals surface area contributed by atoms with E-state index in [0.29, 0.717) is 45.1 Å². The maximum absolute atomic E-state index is 7.07. The van der Waals surface area contributed by atoms with Gasteiger partial charge in [0.1, 0.15) is 11.5 Å². The van der Waals surface area contributed by atoms with E-state index >= 15 is 0 Å². The van der Waals surface area contributed by atoms with Crippen LogP contribution in [0.2, 0.25) is 20.1 Å². The Balaban J connectivity index is 0.965. The molecular formula is C58H48Cl4N6O. The van der Waals surface area contributed by atoms with Crippen molar-refractivity contribution in [2.24, 2.45) is 9.98 Å². The molecule has 0 spiro atoms. The zero-order valence-electron chi connectivity index (χ0n) is 38.3. The van der Waals surface area contributed by atoms with E-state index in [-0.39, 0.29) is 0 Å². The summed E-state index contributed by atoms with van der Waals surface area (Å²) < 4.78 is 5.80. The van der Waals surface area contributed by atoms with Crippen LogP contribution >= 0.6 is 46.4 Å². The van der Waals surface area contributed by atoms with E-state index in [1.54, 1.807) is 7.11 Å². The van der Waals surface area contributed by atoms with Gasteiger partial charge in [0, 0.05) is 85.3 Å². The lowest BCUT2D eigenvalue weighted by molar-refractivity contribution is 0.303. The number of halogens is 4. The fourth-order valence-electron chi connectivity index (χ4n) is 9.22. The number of ether oxygens (including phenoxy) is 1. The van der Waals surface area contributed by atoms with Gasteiger partial charge < -0.3 is 24.7 Å². The number of allylic oxidation sites excluding steroid dienone is 3. The first-order valence-corrected chi connectivity index (χ1v) is 24.4. The van der Waals surface area contributed by atoms with E-state index in [4.69, 9.17) is 61.1 Å². The summed E-state index contributed by atoms with van der Waals surface area (Å²) in [5, 5.41) is 2.67. The van der Waals surface area contributed by atoms with E-state index in [1.807, 2.05) is 73.1 Å². The maximum atomic E-state index is 7.07. The summed E-state index contributed by atoms with van der Waals surface area (Å²) in [6, 6.07) is 41.0. The Labute approximate surface area is 422 Å². The summed E-state index contributed by atoms with van der Waals surface area (Å²) >= 11 is 26.7. The highest BCUT2D eigenvalue weighted by molar-refractivity contribution is 6.36. The van der Waals surface area contributed by atoms with Gasteiger partial charge in [0.25, 0.3) is 0 Å². The van der Waals surface area contributed by atoms with E-state index in [1.165, 1.54) is 16.7 Å². The molecule has 69 heavy (non-hydrogen) atoms. The lowest BCUT2D eigenvalue weighted by Gasteiger charge is -2.12. The number of hydrogen-bond acceptors (Lipinski definition) is 3. The molecule has 10 rings (SSSR count). The second-order valence-corrected chi connectivity index (χ2v) is 19.1. The first-order valence-electron chi connectivity index (χ1n) is 22.9. The van der Waals surface area contributed by atoms with Gasteiger partial charge in [-0.3, -0.25) is 0 Å². The maximum Gasteiger partial charge on any atom is 0.146 e. The molecule has 11 heteroatoms. The van der Waals surface area contributed by atoms with Gasteiger partial charge in [-0.2, -0.15) is 0 Å². The van der Waals surface area contributed by atoms with Gasteiger partial charge in [0.15, 0.2) is 0 Å². The molecule has 8 aromatic rings. The number of rotatable bonds is 15. The Hall–Kier alpha value is -6.74. The minimum absolute atomic E-state index is 0.622. The number of aliphatic imine (C=N–C) groups is 2. The lowest BCUT2D eigenvalue weighted by atomic mass is 9.96. The number of aromatic nitrogens is 4. The smallest absolute Gasteiger partial charge is 0.146 e. The van der Waals surface area contributed by atoms with Crippen LogP contribution in [0.25, 0.3) is 23.3 Å². The standard InChI is InChI=1S/C58H48Cl4N6O/c1-4-45-34(2)52(68-58(45)51-8-6-22-64-51)31-53-40(30-43(65-53)25-36-11-17-42(60)18-12-36)24-37-13-19-48(61)46(27-37)47-28-38(14-20-49(47)62)26-44-29-39(23-35-9-15-41(59)16-10-35)54(66-44)32-56-57(69-3)33-55(67-56)50-7-5-21-63-50/h5-22,27-33,63-66H,4,23-26H2,1-3H3/b52-31-,56-32-. The number of aromatic amines is 4. The zero-order valence-corrected chi connectivity index (χ0v) is 41.3. The highest BCUT2D eigenvalue weighted by Crippen LogP contribution is 2.38. The minimum Gasteiger partial charge on any atom is -0.494 e. The molecule has 0 bridgehead atoms. The summed E-state index contributed by atoms with van der Waals surface area (Å²) in [5.41, 5.74) is 20.5. The fourth-order valence-corrected chi connectivity index (χ4v) is 9.91. The van der Waals surface area contributed by atoms with Gasteiger partial charge in [-0.05, 0) is 168 Å². The molecule has 0 radical (unpaired) electrons. The average Bonchev–Trinajstić information content (AvgIpc) is 4.23. The number of methoxy groups -OCH3 is 1. The molecule has 0 atom stereocenters. The molecule has 344 valence electrons. The van der Waals surface area contributed by atoms with Crippen LogP contribution in [-0.2, 0) is 30.4 Å². The third-order valence-corrected chi connectivity index (χ3v) is 13.9. The second-order valence-electron chi connectivity index (χ2n) is 17.4. The van der Waals surface area contributed by atoms with Crippen LogP contribution in [0.15, 0.2) is 178 Å². The number of nitrogens with one attached hydrogen (secondary N) is 4. The van der Waals surface area contributed by atoms with Crippen LogP contribution in [-0.4, -0.2) is 38.5 Å². The molecule has 0 amide bonds. The molecule has 2 aliphatic rings. The zero-order chi connectivity index (χ0) is 47.6. The van der Waals surface area contributed by atoms with E-state index in [9.17, 15) is 0 Å². The largest absolute Gasteiger partial charge is 0.494 e. The molecule has 4 aromatic carbocycles. The van der Waals surface area contributed by atoms with E-state index in [2.05, 4.69) is 113 Å². The van der Waals surface area contributed by atoms with Crippen molar-refractivity contribution < 1.29 is 4.74 Å².